The average molecular weight is 572 g/mol. The second-order valence-corrected chi connectivity index (χ2v) is 10.6. The quantitative estimate of drug-likeness (QED) is 0.362. The van der Waals surface area contributed by atoms with E-state index >= 15 is 0 Å². The van der Waals surface area contributed by atoms with E-state index in [-0.39, 0.29) is 18.7 Å². The maximum Gasteiger partial charge on any atom is 0.425 e. The minimum Gasteiger partial charge on any atom is -0.490 e. The van der Waals surface area contributed by atoms with Crippen molar-refractivity contribution in [2.24, 2.45) is 0 Å². The van der Waals surface area contributed by atoms with Crippen molar-refractivity contribution in [1.29, 1.82) is 0 Å². The number of aromatic carboxylic acids is 1. The van der Waals surface area contributed by atoms with Gasteiger partial charge in [0.2, 0.25) is 0 Å². The zero-order valence-corrected chi connectivity index (χ0v) is 22.9. The minimum atomic E-state index is -4.86. The Hall–Kier alpha value is -3.54. The molecular formula is C28H33F4NO7. The Bertz CT molecular complexity index is 1200. The molecule has 0 unspecified atom stereocenters. The van der Waals surface area contributed by atoms with Crippen molar-refractivity contribution in [3.63, 3.8) is 0 Å². The van der Waals surface area contributed by atoms with Gasteiger partial charge in [-0.05, 0) is 58.2 Å². The Balaban J connectivity index is 1.85. The lowest BCUT2D eigenvalue weighted by atomic mass is 10.1. The molecule has 1 heterocycles. The number of alkyl halides is 3. The molecule has 8 nitrogen and oxygen atoms in total. The van der Waals surface area contributed by atoms with Gasteiger partial charge in [-0.2, -0.15) is 13.2 Å². The summed E-state index contributed by atoms with van der Waals surface area (Å²) in [5.74, 6) is -4.45. The molecule has 0 spiro atoms. The van der Waals surface area contributed by atoms with Crippen LogP contribution in [0.15, 0.2) is 36.4 Å². The molecule has 220 valence electrons. The number of likely N-dealkylation sites (tertiary alicyclic amines) is 1. The Labute approximate surface area is 229 Å². The predicted molar refractivity (Wildman–Crippen MR) is 136 cm³/mol. The van der Waals surface area contributed by atoms with Crippen LogP contribution in [0, 0.1) is 12.7 Å². The molecule has 0 radical (unpaired) electrons. The number of aryl methyl sites for hydroxylation is 1. The van der Waals surface area contributed by atoms with Crippen molar-refractivity contribution in [3.8, 4) is 11.5 Å². The molecular weight excluding hydrogens is 538 g/mol. The first-order valence-electron chi connectivity index (χ1n) is 12.6. The number of carbonyl (C=O) groups is 2. The second-order valence-electron chi connectivity index (χ2n) is 10.6. The number of halogens is 4. The van der Waals surface area contributed by atoms with Crippen LogP contribution in [0.5, 0.6) is 11.5 Å². The molecule has 0 saturated carbocycles. The van der Waals surface area contributed by atoms with Crippen molar-refractivity contribution in [2.45, 2.75) is 77.7 Å². The molecule has 3 atom stereocenters. The van der Waals surface area contributed by atoms with E-state index in [1.165, 1.54) is 11.8 Å². The first kappa shape index (κ1) is 31.0. The summed E-state index contributed by atoms with van der Waals surface area (Å²) < 4.78 is 76.1. The molecule has 40 heavy (non-hydrogen) atoms. The van der Waals surface area contributed by atoms with Crippen LogP contribution in [0.25, 0.3) is 0 Å². The molecule has 1 N–H and O–H groups in total. The number of hydrogen-bond acceptors (Lipinski definition) is 6. The van der Waals surface area contributed by atoms with E-state index in [1.54, 1.807) is 20.8 Å². The van der Waals surface area contributed by atoms with Gasteiger partial charge in [0, 0.05) is 0 Å². The van der Waals surface area contributed by atoms with Gasteiger partial charge in [0.25, 0.3) is 0 Å². The lowest BCUT2D eigenvalue weighted by molar-refractivity contribution is -0.189. The van der Waals surface area contributed by atoms with Crippen molar-refractivity contribution in [3.05, 3.63) is 58.9 Å². The smallest absolute Gasteiger partial charge is 0.425 e. The fraction of sp³-hybridized carbons (Fsp3) is 0.500. The molecule has 1 fully saturated rings. The van der Waals surface area contributed by atoms with Crippen molar-refractivity contribution < 1.29 is 51.2 Å². The monoisotopic (exact) mass is 571 g/mol. The van der Waals surface area contributed by atoms with Crippen LogP contribution >= 0.6 is 0 Å². The SMILES string of the molecule is Cc1cc(OC[C@H]2C[C@H](OCc3ccccc3)CN2C(=O)OC(C)(C)C)c(C(=O)O)c(O[C@H](C)C(F)(F)F)c1F. The second kappa shape index (κ2) is 12.3. The largest absolute Gasteiger partial charge is 0.490 e. The van der Waals surface area contributed by atoms with Crippen molar-refractivity contribution in [2.75, 3.05) is 13.2 Å². The Morgan fingerprint density at radius 1 is 1.15 bits per heavy atom. The Morgan fingerprint density at radius 2 is 1.80 bits per heavy atom. The standard InChI is InChI=1S/C28H33F4NO7/c1-16-11-21(22(25(34)35)24(23(16)29)39-17(2)28(30,31)32)38-15-19-12-20(37-14-18-9-7-6-8-10-18)13-33(19)26(36)40-27(3,4)5/h6-11,17,19-20H,12-15H2,1-5H3,(H,34,35)/t17-,19-,20+/m1/s1. The van der Waals surface area contributed by atoms with Gasteiger partial charge >= 0.3 is 18.2 Å². The molecule has 12 heteroatoms. The van der Waals surface area contributed by atoms with Gasteiger partial charge in [0.1, 0.15) is 23.5 Å². The molecule has 1 aliphatic rings. The van der Waals surface area contributed by atoms with E-state index in [9.17, 15) is 32.3 Å². The summed E-state index contributed by atoms with van der Waals surface area (Å²) in [5, 5.41) is 9.75. The van der Waals surface area contributed by atoms with E-state index in [2.05, 4.69) is 0 Å². The number of amides is 1. The number of carboxylic acid groups (broad SMARTS) is 1. The van der Waals surface area contributed by atoms with E-state index in [0.717, 1.165) is 11.6 Å². The first-order chi connectivity index (χ1) is 18.6. The fourth-order valence-electron chi connectivity index (χ4n) is 4.07. The molecule has 0 bridgehead atoms. The molecule has 1 aliphatic heterocycles. The van der Waals surface area contributed by atoms with Gasteiger partial charge in [-0.25, -0.2) is 14.0 Å². The van der Waals surface area contributed by atoms with E-state index in [1.807, 2.05) is 30.3 Å². The maximum atomic E-state index is 14.8. The topological polar surface area (TPSA) is 94.5 Å². The predicted octanol–water partition coefficient (Wildman–Crippen LogP) is 6.14. The van der Waals surface area contributed by atoms with Crippen LogP contribution in [0.1, 0.15) is 55.6 Å². The zero-order valence-electron chi connectivity index (χ0n) is 22.9. The maximum absolute atomic E-state index is 14.8. The number of carbonyl (C=O) groups excluding carboxylic acids is 1. The number of ether oxygens (including phenoxy) is 4. The third-order valence-corrected chi connectivity index (χ3v) is 6.10. The fourth-order valence-corrected chi connectivity index (χ4v) is 4.07. The summed E-state index contributed by atoms with van der Waals surface area (Å²) in [7, 11) is 0. The molecule has 1 amide bonds. The first-order valence-corrected chi connectivity index (χ1v) is 12.6. The summed E-state index contributed by atoms with van der Waals surface area (Å²) >= 11 is 0. The third kappa shape index (κ3) is 8.00. The van der Waals surface area contributed by atoms with Gasteiger partial charge < -0.3 is 24.1 Å². The van der Waals surface area contributed by atoms with E-state index in [0.29, 0.717) is 20.0 Å². The summed E-state index contributed by atoms with van der Waals surface area (Å²) in [4.78, 5) is 26.4. The van der Waals surface area contributed by atoms with Crippen LogP contribution in [0.2, 0.25) is 0 Å². The number of rotatable bonds is 9. The van der Waals surface area contributed by atoms with Gasteiger partial charge in [0.05, 0.1) is 25.3 Å². The van der Waals surface area contributed by atoms with Crippen molar-refractivity contribution >= 4 is 12.1 Å². The molecule has 2 aromatic carbocycles. The number of benzene rings is 2. The number of carboxylic acids is 1. The normalized spacial score (nSPS) is 18.4. The highest BCUT2D eigenvalue weighted by atomic mass is 19.4. The third-order valence-electron chi connectivity index (χ3n) is 6.10. The van der Waals surface area contributed by atoms with Gasteiger partial charge in [-0.3, -0.25) is 4.90 Å². The Kier molecular flexibility index (Phi) is 9.55. The highest BCUT2D eigenvalue weighted by molar-refractivity contribution is 5.94. The Morgan fingerprint density at radius 3 is 2.38 bits per heavy atom. The van der Waals surface area contributed by atoms with Crippen LogP contribution in [0.4, 0.5) is 22.4 Å². The van der Waals surface area contributed by atoms with E-state index < -0.39 is 65.0 Å². The average Bonchev–Trinajstić information content (AvgIpc) is 3.26. The lowest BCUT2D eigenvalue weighted by Crippen LogP contribution is -2.42. The molecule has 0 aliphatic carbocycles. The van der Waals surface area contributed by atoms with Crippen molar-refractivity contribution in [1.82, 2.24) is 4.90 Å². The molecule has 3 rings (SSSR count). The highest BCUT2D eigenvalue weighted by Gasteiger charge is 2.41. The molecule has 1 saturated heterocycles. The zero-order chi connectivity index (χ0) is 29.8. The van der Waals surface area contributed by atoms with Crippen LogP contribution in [0.3, 0.4) is 0 Å². The van der Waals surface area contributed by atoms with Crippen LogP contribution < -0.4 is 9.47 Å². The summed E-state index contributed by atoms with van der Waals surface area (Å²) in [6.45, 7) is 7.21. The van der Waals surface area contributed by atoms with E-state index in [4.69, 9.17) is 18.9 Å². The van der Waals surface area contributed by atoms with Gasteiger partial charge in [0.15, 0.2) is 17.7 Å². The van der Waals surface area contributed by atoms with Gasteiger partial charge in [-0.15, -0.1) is 0 Å². The summed E-state index contributed by atoms with van der Waals surface area (Å²) in [6, 6.07) is 9.83. The van der Waals surface area contributed by atoms with Gasteiger partial charge in [-0.1, -0.05) is 30.3 Å². The summed E-state index contributed by atoms with van der Waals surface area (Å²) in [5.41, 5.74) is -0.932. The highest BCUT2D eigenvalue weighted by Crippen LogP contribution is 2.37. The minimum absolute atomic E-state index is 0.168. The number of hydrogen-bond donors (Lipinski definition) is 1. The molecule has 0 aromatic heterocycles. The molecule has 2 aromatic rings. The van der Waals surface area contributed by atoms with Crippen LogP contribution in [-0.4, -0.2) is 65.2 Å². The lowest BCUT2D eigenvalue weighted by Gasteiger charge is -2.28. The number of nitrogens with zero attached hydrogens (tertiary/aromatic N) is 1. The summed E-state index contributed by atoms with van der Waals surface area (Å²) in [6.07, 6.45) is -8.07. The van der Waals surface area contributed by atoms with Crippen LogP contribution in [-0.2, 0) is 16.1 Å².